The molecule has 1 aromatic carbocycles. The van der Waals surface area contributed by atoms with E-state index < -0.39 is 0 Å². The van der Waals surface area contributed by atoms with Gasteiger partial charge in [-0.2, -0.15) is 4.68 Å². The summed E-state index contributed by atoms with van der Waals surface area (Å²) in [7, 11) is 0. The molecule has 108 valence electrons. The first-order valence-corrected chi connectivity index (χ1v) is 7.40. The molecule has 0 unspecified atom stereocenters. The molecule has 0 spiro atoms. The summed E-state index contributed by atoms with van der Waals surface area (Å²) in [6.45, 7) is 5.87. The highest BCUT2D eigenvalue weighted by Crippen LogP contribution is 2.23. The van der Waals surface area contributed by atoms with Gasteiger partial charge in [0.05, 0.1) is 11.4 Å². The van der Waals surface area contributed by atoms with Gasteiger partial charge in [0.1, 0.15) is 0 Å². The first-order valence-electron chi connectivity index (χ1n) is 6.41. The molecule has 21 heavy (non-hydrogen) atoms. The molecule has 0 saturated heterocycles. The van der Waals surface area contributed by atoms with Gasteiger partial charge in [-0.15, -0.1) is 15.3 Å². The summed E-state index contributed by atoms with van der Waals surface area (Å²) in [6, 6.07) is 6.16. The van der Waals surface area contributed by atoms with Gasteiger partial charge < -0.3 is 4.42 Å². The van der Waals surface area contributed by atoms with Gasteiger partial charge in [0.15, 0.2) is 0 Å². The number of nitrogens with zero attached hydrogens (tertiary/aromatic N) is 6. The van der Waals surface area contributed by atoms with Crippen molar-refractivity contribution in [2.45, 2.75) is 31.7 Å². The van der Waals surface area contributed by atoms with E-state index in [1.54, 1.807) is 11.6 Å². The molecule has 2 aromatic heterocycles. The number of hydrogen-bond acceptors (Lipinski definition) is 7. The lowest BCUT2D eigenvalue weighted by molar-refractivity contribution is 0.485. The molecule has 2 heterocycles. The average molecular weight is 302 g/mol. The van der Waals surface area contributed by atoms with Crippen LogP contribution in [0.25, 0.3) is 5.69 Å². The molecule has 0 aliphatic rings. The Bertz CT molecular complexity index is 766. The van der Waals surface area contributed by atoms with Gasteiger partial charge in [0.25, 0.3) is 0 Å². The van der Waals surface area contributed by atoms with Gasteiger partial charge >= 0.3 is 0 Å². The molecule has 0 bridgehead atoms. The molecular weight excluding hydrogens is 288 g/mol. The predicted octanol–water partition coefficient (Wildman–Crippen LogP) is 2.26. The molecule has 0 fully saturated rings. The fourth-order valence-corrected chi connectivity index (χ4v) is 2.71. The molecule has 0 saturated carbocycles. The minimum Gasteiger partial charge on any atom is -0.425 e. The van der Waals surface area contributed by atoms with Crippen molar-refractivity contribution >= 4 is 11.8 Å². The Morgan fingerprint density at radius 3 is 2.71 bits per heavy atom. The monoisotopic (exact) mass is 302 g/mol. The second-order valence-corrected chi connectivity index (χ2v) is 5.61. The van der Waals surface area contributed by atoms with Crippen LogP contribution in [-0.2, 0) is 5.75 Å². The van der Waals surface area contributed by atoms with Gasteiger partial charge in [-0.05, 0) is 35.9 Å². The van der Waals surface area contributed by atoms with Crippen LogP contribution in [0.3, 0.4) is 0 Å². The molecule has 0 N–H and O–H groups in total. The number of thioether (sulfide) groups is 1. The largest absolute Gasteiger partial charge is 0.425 e. The van der Waals surface area contributed by atoms with Crippen molar-refractivity contribution in [1.29, 1.82) is 0 Å². The highest BCUT2D eigenvalue weighted by atomic mass is 32.2. The zero-order valence-corrected chi connectivity index (χ0v) is 12.8. The van der Waals surface area contributed by atoms with Gasteiger partial charge in [0.2, 0.25) is 16.9 Å². The number of aromatic nitrogens is 6. The van der Waals surface area contributed by atoms with Crippen molar-refractivity contribution in [3.05, 3.63) is 41.1 Å². The Kier molecular flexibility index (Phi) is 3.70. The van der Waals surface area contributed by atoms with Crippen LogP contribution < -0.4 is 0 Å². The fraction of sp³-hybridized carbons (Fsp3) is 0.308. The zero-order valence-electron chi connectivity index (χ0n) is 11.9. The summed E-state index contributed by atoms with van der Waals surface area (Å²) in [4.78, 5) is 0. The van der Waals surface area contributed by atoms with E-state index in [1.807, 2.05) is 19.1 Å². The Morgan fingerprint density at radius 1 is 1.14 bits per heavy atom. The van der Waals surface area contributed by atoms with Crippen LogP contribution in [0, 0.1) is 20.8 Å². The third-order valence-corrected chi connectivity index (χ3v) is 3.82. The lowest BCUT2D eigenvalue weighted by Crippen LogP contribution is -2.02. The number of hydrogen-bond donors (Lipinski definition) is 0. The van der Waals surface area contributed by atoms with E-state index >= 15 is 0 Å². The Labute approximate surface area is 125 Å². The Hall–Kier alpha value is -2.22. The minimum absolute atomic E-state index is 0.534. The van der Waals surface area contributed by atoms with Crippen LogP contribution in [0.15, 0.2) is 27.8 Å². The van der Waals surface area contributed by atoms with Crippen LogP contribution in [0.2, 0.25) is 0 Å². The van der Waals surface area contributed by atoms with Crippen LogP contribution in [0.5, 0.6) is 0 Å². The van der Waals surface area contributed by atoms with Crippen molar-refractivity contribution in [3.8, 4) is 5.69 Å². The summed E-state index contributed by atoms with van der Waals surface area (Å²) in [5.41, 5.74) is 3.30. The molecular formula is C13H14N6OS. The maximum atomic E-state index is 5.35. The molecule has 0 aliphatic carbocycles. The second kappa shape index (κ2) is 5.65. The molecule has 0 amide bonds. The summed E-state index contributed by atoms with van der Waals surface area (Å²) in [6.07, 6.45) is 0. The molecule has 0 radical (unpaired) electrons. The number of aryl methyl sites for hydroxylation is 3. The van der Waals surface area contributed by atoms with Crippen LogP contribution in [-0.4, -0.2) is 30.4 Å². The van der Waals surface area contributed by atoms with Crippen molar-refractivity contribution in [2.75, 3.05) is 0 Å². The molecule has 7 nitrogen and oxygen atoms in total. The lowest BCUT2D eigenvalue weighted by atomic mass is 10.1. The highest BCUT2D eigenvalue weighted by molar-refractivity contribution is 7.98. The Balaban J connectivity index is 1.83. The number of benzene rings is 1. The van der Waals surface area contributed by atoms with E-state index in [-0.39, 0.29) is 0 Å². The highest BCUT2D eigenvalue weighted by Gasteiger charge is 2.13. The predicted molar refractivity (Wildman–Crippen MR) is 77.2 cm³/mol. The Morgan fingerprint density at radius 2 is 2.00 bits per heavy atom. The normalized spacial score (nSPS) is 11.0. The number of rotatable bonds is 4. The topological polar surface area (TPSA) is 82.5 Å². The van der Waals surface area contributed by atoms with Gasteiger partial charge in [-0.1, -0.05) is 29.5 Å². The van der Waals surface area contributed by atoms with E-state index in [1.165, 1.54) is 17.3 Å². The van der Waals surface area contributed by atoms with Crippen LogP contribution >= 0.6 is 11.8 Å². The number of tetrazole rings is 1. The third kappa shape index (κ3) is 2.94. The molecule has 0 aliphatic heterocycles. The summed E-state index contributed by atoms with van der Waals surface area (Å²) in [5, 5.41) is 20.3. The van der Waals surface area contributed by atoms with E-state index in [0.29, 0.717) is 22.7 Å². The third-order valence-electron chi connectivity index (χ3n) is 2.91. The first-order chi connectivity index (χ1) is 10.1. The van der Waals surface area contributed by atoms with Crippen LogP contribution in [0.4, 0.5) is 0 Å². The van der Waals surface area contributed by atoms with Gasteiger partial charge in [-0.3, -0.25) is 0 Å². The second-order valence-electron chi connectivity index (χ2n) is 4.67. The van der Waals surface area contributed by atoms with E-state index in [0.717, 1.165) is 11.3 Å². The average Bonchev–Trinajstić information content (AvgIpc) is 3.05. The maximum absolute atomic E-state index is 5.35. The molecule has 8 heteroatoms. The summed E-state index contributed by atoms with van der Waals surface area (Å²) in [5.74, 6) is 1.65. The SMILES string of the molecule is Cc1ccc(-n2nnnc2SCc2nnc(C)o2)c(C)c1. The minimum atomic E-state index is 0.534. The van der Waals surface area contributed by atoms with Crippen molar-refractivity contribution < 1.29 is 4.42 Å². The van der Waals surface area contributed by atoms with Gasteiger partial charge in [0, 0.05) is 6.92 Å². The summed E-state index contributed by atoms with van der Waals surface area (Å²) < 4.78 is 7.07. The van der Waals surface area contributed by atoms with Gasteiger partial charge in [-0.25, -0.2) is 0 Å². The summed E-state index contributed by atoms with van der Waals surface area (Å²) >= 11 is 1.46. The lowest BCUT2D eigenvalue weighted by Gasteiger charge is -2.07. The smallest absolute Gasteiger partial charge is 0.226 e. The first kappa shape index (κ1) is 13.7. The van der Waals surface area contributed by atoms with E-state index in [9.17, 15) is 0 Å². The molecule has 3 aromatic rings. The standard InChI is InChI=1S/C13H14N6OS/c1-8-4-5-11(9(2)6-8)19-13(16-17-18-19)21-7-12-15-14-10(3)20-12/h4-6H,7H2,1-3H3. The van der Waals surface area contributed by atoms with Crippen molar-refractivity contribution in [2.24, 2.45) is 0 Å². The zero-order chi connectivity index (χ0) is 14.8. The maximum Gasteiger partial charge on any atom is 0.226 e. The van der Waals surface area contributed by atoms with E-state index in [2.05, 4.69) is 38.7 Å². The van der Waals surface area contributed by atoms with E-state index in [4.69, 9.17) is 4.42 Å². The fourth-order valence-electron chi connectivity index (χ4n) is 1.99. The molecule has 3 rings (SSSR count). The van der Waals surface area contributed by atoms with Crippen molar-refractivity contribution in [1.82, 2.24) is 30.4 Å². The quantitative estimate of drug-likeness (QED) is 0.683. The molecule has 0 atom stereocenters. The van der Waals surface area contributed by atoms with Crippen molar-refractivity contribution in [3.63, 3.8) is 0 Å². The van der Waals surface area contributed by atoms with Crippen LogP contribution in [0.1, 0.15) is 22.9 Å².